The molecule has 1 aliphatic rings. The van der Waals surface area contributed by atoms with Crippen molar-refractivity contribution in [3.8, 4) is 0 Å². The number of azo groups is 1. The Balaban J connectivity index is 2.25. The van der Waals surface area contributed by atoms with Crippen molar-refractivity contribution < 1.29 is 9.18 Å². The summed E-state index contributed by atoms with van der Waals surface area (Å²) >= 11 is 0. The SMILES string of the molecule is CC(C)(C)C1=CC(=C(N=Nc2ccc(F)cc2)c2ccccc2)C=C(C(C)(C)C)C1=O. The lowest BCUT2D eigenvalue weighted by Gasteiger charge is -2.31. The molecule has 0 bridgehead atoms. The number of nitrogens with zero attached hydrogens (tertiary/aromatic N) is 2. The van der Waals surface area contributed by atoms with Gasteiger partial charge in [0.2, 0.25) is 0 Å². The first-order chi connectivity index (χ1) is 14.5. The van der Waals surface area contributed by atoms with Crippen LogP contribution >= 0.6 is 0 Å². The minimum absolute atomic E-state index is 0.0756. The van der Waals surface area contributed by atoms with Crippen molar-refractivity contribution in [1.82, 2.24) is 0 Å². The molecule has 3 nitrogen and oxygen atoms in total. The van der Waals surface area contributed by atoms with E-state index in [1.807, 2.05) is 84.0 Å². The molecule has 2 aromatic carbocycles. The predicted octanol–water partition coefficient (Wildman–Crippen LogP) is 7.85. The van der Waals surface area contributed by atoms with E-state index >= 15 is 0 Å². The van der Waals surface area contributed by atoms with Gasteiger partial charge in [-0.25, -0.2) is 4.39 Å². The molecule has 0 saturated carbocycles. The van der Waals surface area contributed by atoms with Gasteiger partial charge in [-0.3, -0.25) is 4.79 Å². The van der Waals surface area contributed by atoms with Crippen LogP contribution < -0.4 is 0 Å². The minimum Gasteiger partial charge on any atom is -0.289 e. The third-order valence-electron chi connectivity index (χ3n) is 5.12. The lowest BCUT2D eigenvalue weighted by molar-refractivity contribution is -0.114. The summed E-state index contributed by atoms with van der Waals surface area (Å²) in [5.41, 5.74) is 3.83. The summed E-state index contributed by atoms with van der Waals surface area (Å²) in [7, 11) is 0. The monoisotopic (exact) mass is 416 g/mol. The highest BCUT2D eigenvalue weighted by atomic mass is 19.1. The molecule has 0 heterocycles. The number of rotatable bonds is 3. The van der Waals surface area contributed by atoms with E-state index in [1.165, 1.54) is 12.1 Å². The summed E-state index contributed by atoms with van der Waals surface area (Å²) in [5.74, 6) is -0.242. The summed E-state index contributed by atoms with van der Waals surface area (Å²) in [6.45, 7) is 12.3. The van der Waals surface area contributed by atoms with E-state index in [-0.39, 0.29) is 22.4 Å². The molecule has 0 atom stereocenters. The van der Waals surface area contributed by atoms with E-state index in [0.717, 1.165) is 22.3 Å². The van der Waals surface area contributed by atoms with Gasteiger partial charge >= 0.3 is 0 Å². The average Bonchev–Trinajstić information content (AvgIpc) is 2.69. The number of ketones is 1. The van der Waals surface area contributed by atoms with Crippen molar-refractivity contribution in [3.63, 3.8) is 0 Å². The predicted molar refractivity (Wildman–Crippen MR) is 124 cm³/mol. The molecule has 3 rings (SSSR count). The number of allylic oxidation sites excluding steroid dienone is 5. The van der Waals surface area contributed by atoms with Crippen molar-refractivity contribution in [2.24, 2.45) is 21.1 Å². The molecule has 4 heteroatoms. The average molecular weight is 417 g/mol. The van der Waals surface area contributed by atoms with Crippen LogP contribution in [0.15, 0.2) is 93.7 Å². The Morgan fingerprint density at radius 2 is 1.29 bits per heavy atom. The normalized spacial score (nSPS) is 15.2. The quantitative estimate of drug-likeness (QED) is 0.470. The van der Waals surface area contributed by atoms with E-state index in [9.17, 15) is 9.18 Å². The van der Waals surface area contributed by atoms with Crippen LogP contribution in [0.5, 0.6) is 0 Å². The third kappa shape index (κ3) is 5.32. The van der Waals surface area contributed by atoms with Gasteiger partial charge < -0.3 is 0 Å². The highest BCUT2D eigenvalue weighted by molar-refractivity contribution is 6.12. The second-order valence-corrected chi connectivity index (χ2v) is 9.79. The number of benzene rings is 2. The smallest absolute Gasteiger partial charge is 0.186 e. The number of hydrogen-bond acceptors (Lipinski definition) is 3. The number of halogens is 1. The van der Waals surface area contributed by atoms with Gasteiger partial charge in [0.05, 0.1) is 5.69 Å². The van der Waals surface area contributed by atoms with E-state index in [1.54, 1.807) is 12.1 Å². The first-order valence-corrected chi connectivity index (χ1v) is 10.4. The molecule has 0 aliphatic heterocycles. The van der Waals surface area contributed by atoms with Crippen molar-refractivity contribution >= 4 is 17.2 Å². The second kappa shape index (κ2) is 8.54. The number of Topliss-reactive ketones (excluding diaryl/α,β-unsaturated/α-hetero) is 1. The van der Waals surface area contributed by atoms with Gasteiger partial charge in [0, 0.05) is 22.3 Å². The van der Waals surface area contributed by atoms with Crippen LogP contribution in [-0.2, 0) is 4.79 Å². The van der Waals surface area contributed by atoms with Gasteiger partial charge in [0.25, 0.3) is 0 Å². The van der Waals surface area contributed by atoms with Gasteiger partial charge in [-0.05, 0) is 47.2 Å². The lowest BCUT2D eigenvalue weighted by atomic mass is 9.71. The number of carbonyl (C=O) groups excluding carboxylic acids is 1. The Hall–Kier alpha value is -3.14. The Morgan fingerprint density at radius 1 is 0.774 bits per heavy atom. The van der Waals surface area contributed by atoms with Gasteiger partial charge in [-0.15, -0.1) is 5.11 Å². The molecule has 2 aromatic rings. The molecule has 0 saturated heterocycles. The van der Waals surface area contributed by atoms with Crippen LogP contribution in [-0.4, -0.2) is 5.78 Å². The van der Waals surface area contributed by atoms with Gasteiger partial charge in [-0.1, -0.05) is 71.9 Å². The lowest BCUT2D eigenvalue weighted by Crippen LogP contribution is -2.28. The second-order valence-electron chi connectivity index (χ2n) is 9.79. The maximum atomic E-state index is 13.3. The highest BCUT2D eigenvalue weighted by Gasteiger charge is 2.34. The first kappa shape index (κ1) is 22.5. The van der Waals surface area contributed by atoms with Crippen LogP contribution in [0.1, 0.15) is 47.1 Å². The van der Waals surface area contributed by atoms with Crippen molar-refractivity contribution in [2.45, 2.75) is 41.5 Å². The van der Waals surface area contributed by atoms with Gasteiger partial charge in [0.1, 0.15) is 11.5 Å². The summed E-state index contributed by atoms with van der Waals surface area (Å²) in [5, 5.41) is 8.91. The molecular formula is C27H29FN2O. The fraction of sp³-hybridized carbons (Fsp3) is 0.296. The van der Waals surface area contributed by atoms with E-state index in [2.05, 4.69) is 10.2 Å². The highest BCUT2D eigenvalue weighted by Crippen LogP contribution is 2.40. The minimum atomic E-state index is -0.318. The number of carbonyl (C=O) groups is 1. The zero-order chi connectivity index (χ0) is 22.8. The maximum Gasteiger partial charge on any atom is 0.186 e. The Bertz CT molecular complexity index is 1050. The van der Waals surface area contributed by atoms with Crippen LogP contribution in [0, 0.1) is 16.6 Å². The topological polar surface area (TPSA) is 41.8 Å². The van der Waals surface area contributed by atoms with Crippen LogP contribution in [0.25, 0.3) is 5.70 Å². The fourth-order valence-electron chi connectivity index (χ4n) is 3.37. The molecule has 0 N–H and O–H groups in total. The Kier molecular flexibility index (Phi) is 6.21. The van der Waals surface area contributed by atoms with E-state index < -0.39 is 0 Å². The molecule has 0 aromatic heterocycles. The van der Waals surface area contributed by atoms with Crippen molar-refractivity contribution in [1.29, 1.82) is 0 Å². The van der Waals surface area contributed by atoms with E-state index in [4.69, 9.17) is 0 Å². The standard InChI is InChI=1S/C27H29FN2O/c1-26(2,3)22-16-19(17-23(25(22)31)27(4,5)6)24(18-10-8-7-9-11-18)30-29-21-14-12-20(28)13-15-21/h7-17H,1-6H3. The Morgan fingerprint density at radius 3 is 1.77 bits per heavy atom. The first-order valence-electron chi connectivity index (χ1n) is 10.4. The molecule has 0 spiro atoms. The summed E-state index contributed by atoms with van der Waals surface area (Å²) in [6.07, 6.45) is 3.87. The largest absolute Gasteiger partial charge is 0.289 e. The summed E-state index contributed by atoms with van der Waals surface area (Å²) in [6, 6.07) is 15.7. The maximum absolute atomic E-state index is 13.3. The van der Waals surface area contributed by atoms with Crippen LogP contribution in [0.3, 0.4) is 0 Å². The van der Waals surface area contributed by atoms with Gasteiger partial charge in [0.15, 0.2) is 5.78 Å². The van der Waals surface area contributed by atoms with Crippen molar-refractivity contribution in [2.75, 3.05) is 0 Å². The molecular weight excluding hydrogens is 387 g/mol. The molecule has 31 heavy (non-hydrogen) atoms. The van der Waals surface area contributed by atoms with Gasteiger partial charge in [-0.2, -0.15) is 5.11 Å². The molecule has 1 aliphatic carbocycles. The van der Waals surface area contributed by atoms with Crippen LogP contribution in [0.4, 0.5) is 10.1 Å². The zero-order valence-electron chi connectivity index (χ0n) is 19.0. The van der Waals surface area contributed by atoms with Crippen LogP contribution in [0.2, 0.25) is 0 Å². The molecule has 0 radical (unpaired) electrons. The molecule has 0 unspecified atom stereocenters. The Labute approximate surface area is 184 Å². The van der Waals surface area contributed by atoms with Crippen molar-refractivity contribution in [3.05, 3.63) is 94.8 Å². The molecule has 0 amide bonds. The number of hydrogen-bond donors (Lipinski definition) is 0. The third-order valence-corrected chi connectivity index (χ3v) is 5.12. The molecule has 0 fully saturated rings. The van der Waals surface area contributed by atoms with E-state index in [0.29, 0.717) is 11.4 Å². The molecule has 160 valence electrons. The zero-order valence-corrected chi connectivity index (χ0v) is 19.0. The fourth-order valence-corrected chi connectivity index (χ4v) is 3.37. The summed E-state index contributed by atoms with van der Waals surface area (Å²) < 4.78 is 13.3. The summed E-state index contributed by atoms with van der Waals surface area (Å²) in [4.78, 5) is 13.3.